The van der Waals surface area contributed by atoms with Gasteiger partial charge < -0.3 is 4.74 Å². The lowest BCUT2D eigenvalue weighted by Gasteiger charge is -2.15. The third-order valence-corrected chi connectivity index (χ3v) is 3.47. The number of carbonyl (C=O) groups excluding carboxylic acids is 3. The number of amides is 1. The molecule has 0 N–H and O–H groups in total. The summed E-state index contributed by atoms with van der Waals surface area (Å²) in [5.74, 6) is -1.79. The Morgan fingerprint density at radius 1 is 1.35 bits per heavy atom. The highest BCUT2D eigenvalue weighted by Gasteiger charge is 2.37. The predicted octanol–water partition coefficient (Wildman–Crippen LogP) is 2.32. The van der Waals surface area contributed by atoms with E-state index in [1.165, 1.54) is 4.90 Å². The van der Waals surface area contributed by atoms with Gasteiger partial charge in [0.2, 0.25) is 0 Å². The molecule has 106 valence electrons. The second-order valence-electron chi connectivity index (χ2n) is 4.46. The van der Waals surface area contributed by atoms with Crippen LogP contribution in [0.25, 0.3) is 0 Å². The van der Waals surface area contributed by atoms with E-state index in [1.807, 2.05) is 6.92 Å². The molecule has 0 unspecified atom stereocenters. The Hall–Kier alpha value is -1.69. The molecule has 1 aromatic carbocycles. The fourth-order valence-electron chi connectivity index (χ4n) is 1.93. The number of unbranched alkanes of at least 4 members (excludes halogenated alkanes) is 1. The van der Waals surface area contributed by atoms with Gasteiger partial charge in [0.05, 0.1) is 17.9 Å². The number of rotatable bonds is 5. The van der Waals surface area contributed by atoms with Crippen molar-refractivity contribution >= 4 is 39.3 Å². The average molecular weight is 340 g/mol. The molecular formula is C14H14BrNO4. The minimum absolute atomic E-state index is 0.233. The summed E-state index contributed by atoms with van der Waals surface area (Å²) in [5, 5.41) is 0. The van der Waals surface area contributed by atoms with E-state index < -0.39 is 17.7 Å². The Morgan fingerprint density at radius 2 is 2.10 bits per heavy atom. The maximum atomic E-state index is 11.9. The lowest BCUT2D eigenvalue weighted by atomic mass is 10.1. The highest BCUT2D eigenvalue weighted by molar-refractivity contribution is 9.10. The van der Waals surface area contributed by atoms with Crippen molar-refractivity contribution in [3.05, 3.63) is 28.2 Å². The van der Waals surface area contributed by atoms with Crippen molar-refractivity contribution in [1.82, 2.24) is 0 Å². The number of benzene rings is 1. The number of esters is 1. The van der Waals surface area contributed by atoms with Crippen LogP contribution in [0, 0.1) is 0 Å². The minimum atomic E-state index is -0.689. The van der Waals surface area contributed by atoms with Crippen LogP contribution in [-0.2, 0) is 14.3 Å². The molecule has 0 aromatic heterocycles. The minimum Gasteiger partial charge on any atom is -0.464 e. The second kappa shape index (κ2) is 6.17. The van der Waals surface area contributed by atoms with Crippen LogP contribution in [-0.4, -0.2) is 30.8 Å². The monoisotopic (exact) mass is 339 g/mol. The first-order valence-electron chi connectivity index (χ1n) is 6.36. The zero-order valence-electron chi connectivity index (χ0n) is 11.0. The zero-order valence-corrected chi connectivity index (χ0v) is 12.6. The van der Waals surface area contributed by atoms with Gasteiger partial charge in [-0.1, -0.05) is 29.3 Å². The molecule has 20 heavy (non-hydrogen) atoms. The van der Waals surface area contributed by atoms with Crippen LogP contribution in [0.5, 0.6) is 0 Å². The lowest BCUT2D eigenvalue weighted by molar-refractivity contribution is -0.142. The molecule has 1 aliphatic heterocycles. The maximum absolute atomic E-state index is 11.9. The van der Waals surface area contributed by atoms with Gasteiger partial charge in [0.25, 0.3) is 11.7 Å². The summed E-state index contributed by atoms with van der Waals surface area (Å²) in [6.45, 7) is 2.09. The number of carbonyl (C=O) groups is 3. The first kappa shape index (κ1) is 14.7. The van der Waals surface area contributed by atoms with Crippen molar-refractivity contribution in [2.75, 3.05) is 18.1 Å². The van der Waals surface area contributed by atoms with Crippen molar-refractivity contribution in [2.45, 2.75) is 19.8 Å². The molecule has 0 atom stereocenters. The van der Waals surface area contributed by atoms with Gasteiger partial charge in [-0.3, -0.25) is 19.3 Å². The van der Waals surface area contributed by atoms with E-state index in [4.69, 9.17) is 4.74 Å². The largest absolute Gasteiger partial charge is 0.464 e. The number of Topliss-reactive ketones (excluding diaryl/α,β-unsaturated/α-hetero) is 1. The number of ether oxygens (including phenoxy) is 1. The van der Waals surface area contributed by atoms with Crippen molar-refractivity contribution in [3.63, 3.8) is 0 Å². The summed E-state index contributed by atoms with van der Waals surface area (Å²) < 4.78 is 5.73. The van der Waals surface area contributed by atoms with Crippen molar-refractivity contribution in [3.8, 4) is 0 Å². The molecule has 2 rings (SSSR count). The van der Waals surface area contributed by atoms with Crippen LogP contribution < -0.4 is 4.90 Å². The van der Waals surface area contributed by atoms with Gasteiger partial charge in [0, 0.05) is 4.47 Å². The van der Waals surface area contributed by atoms with Crippen molar-refractivity contribution < 1.29 is 19.1 Å². The molecule has 0 saturated carbocycles. The molecule has 6 heteroatoms. The quantitative estimate of drug-likeness (QED) is 0.469. The van der Waals surface area contributed by atoms with Crippen LogP contribution in [0.1, 0.15) is 30.1 Å². The van der Waals surface area contributed by atoms with Crippen LogP contribution >= 0.6 is 15.9 Å². The van der Waals surface area contributed by atoms with Gasteiger partial charge in [-0.05, 0) is 24.6 Å². The zero-order chi connectivity index (χ0) is 14.7. The van der Waals surface area contributed by atoms with Crippen LogP contribution in [0.2, 0.25) is 0 Å². The SMILES string of the molecule is CCCCOC(=O)CN1C(=O)C(=O)c2cc(Br)ccc21. The van der Waals surface area contributed by atoms with E-state index >= 15 is 0 Å². The Bertz CT molecular complexity index is 570. The standard InChI is InChI=1S/C14H14BrNO4/c1-2-3-6-20-12(17)8-16-11-5-4-9(15)7-10(11)13(18)14(16)19/h4-5,7H,2-3,6,8H2,1H3. The molecule has 1 aliphatic rings. The van der Waals surface area contributed by atoms with E-state index in [9.17, 15) is 14.4 Å². The summed E-state index contributed by atoms with van der Waals surface area (Å²) in [6.07, 6.45) is 1.70. The van der Waals surface area contributed by atoms with E-state index in [-0.39, 0.29) is 6.54 Å². The topological polar surface area (TPSA) is 63.7 Å². The molecule has 1 amide bonds. The van der Waals surface area contributed by atoms with Crippen LogP contribution in [0.4, 0.5) is 5.69 Å². The summed E-state index contributed by atoms with van der Waals surface area (Å²) in [5.41, 5.74) is 0.765. The highest BCUT2D eigenvalue weighted by atomic mass is 79.9. The Balaban J connectivity index is 2.12. The molecule has 5 nitrogen and oxygen atoms in total. The fourth-order valence-corrected chi connectivity index (χ4v) is 2.30. The third kappa shape index (κ3) is 2.90. The Morgan fingerprint density at radius 3 is 2.80 bits per heavy atom. The van der Waals surface area contributed by atoms with E-state index in [0.29, 0.717) is 22.3 Å². The molecule has 0 fully saturated rings. The summed E-state index contributed by atoms with van der Waals surface area (Å²) in [4.78, 5) is 36.6. The number of ketones is 1. The number of hydrogen-bond donors (Lipinski definition) is 0. The summed E-state index contributed by atoms with van der Waals surface area (Å²) in [6, 6.07) is 4.94. The molecule has 0 aliphatic carbocycles. The average Bonchev–Trinajstić information content (AvgIpc) is 2.64. The molecule has 0 saturated heterocycles. The number of fused-ring (bicyclic) bond motifs is 1. The molecule has 1 heterocycles. The first-order valence-corrected chi connectivity index (χ1v) is 7.15. The van der Waals surface area contributed by atoms with Crippen molar-refractivity contribution in [1.29, 1.82) is 0 Å². The van der Waals surface area contributed by atoms with Gasteiger partial charge >= 0.3 is 5.97 Å². The van der Waals surface area contributed by atoms with E-state index in [1.54, 1.807) is 18.2 Å². The van der Waals surface area contributed by atoms with Gasteiger partial charge in [-0.25, -0.2) is 0 Å². The Kier molecular flexibility index (Phi) is 4.54. The van der Waals surface area contributed by atoms with Crippen LogP contribution in [0.15, 0.2) is 22.7 Å². The normalized spacial score (nSPS) is 13.6. The van der Waals surface area contributed by atoms with Gasteiger partial charge in [-0.15, -0.1) is 0 Å². The third-order valence-electron chi connectivity index (χ3n) is 2.98. The highest BCUT2D eigenvalue weighted by Crippen LogP contribution is 2.31. The summed E-state index contributed by atoms with van der Waals surface area (Å²) in [7, 11) is 0. The molecule has 0 bridgehead atoms. The Labute approximate surface area is 125 Å². The molecule has 0 radical (unpaired) electrons. The fraction of sp³-hybridized carbons (Fsp3) is 0.357. The molecule has 0 spiro atoms. The number of nitrogens with zero attached hydrogens (tertiary/aromatic N) is 1. The van der Waals surface area contributed by atoms with Crippen molar-refractivity contribution in [2.24, 2.45) is 0 Å². The van der Waals surface area contributed by atoms with E-state index in [2.05, 4.69) is 15.9 Å². The molecular weight excluding hydrogens is 326 g/mol. The van der Waals surface area contributed by atoms with Gasteiger partial charge in [-0.2, -0.15) is 0 Å². The van der Waals surface area contributed by atoms with Crippen LogP contribution in [0.3, 0.4) is 0 Å². The van der Waals surface area contributed by atoms with Gasteiger partial charge in [0.15, 0.2) is 0 Å². The smallest absolute Gasteiger partial charge is 0.326 e. The number of hydrogen-bond acceptors (Lipinski definition) is 4. The second-order valence-corrected chi connectivity index (χ2v) is 5.37. The molecule has 1 aromatic rings. The van der Waals surface area contributed by atoms with E-state index in [0.717, 1.165) is 12.8 Å². The maximum Gasteiger partial charge on any atom is 0.326 e. The number of halogens is 1. The van der Waals surface area contributed by atoms with Gasteiger partial charge in [0.1, 0.15) is 6.54 Å². The predicted molar refractivity (Wildman–Crippen MR) is 76.7 cm³/mol. The first-order chi connectivity index (χ1) is 9.54. The number of anilines is 1. The lowest BCUT2D eigenvalue weighted by Crippen LogP contribution is -2.35. The summed E-state index contributed by atoms with van der Waals surface area (Å²) >= 11 is 3.25.